The van der Waals surface area contributed by atoms with Crippen molar-refractivity contribution in [1.29, 1.82) is 0 Å². The first kappa shape index (κ1) is 23.1. The molecule has 2 atom stereocenters. The Balaban J connectivity index is 5.21. The van der Waals surface area contributed by atoms with Gasteiger partial charge in [-0.2, -0.15) is 13.2 Å². The molecular weight excluding hydrogens is 317 g/mol. The van der Waals surface area contributed by atoms with Crippen LogP contribution in [0.1, 0.15) is 81.1 Å². The highest BCUT2D eigenvalue weighted by Crippen LogP contribution is 2.42. The van der Waals surface area contributed by atoms with E-state index in [1.54, 1.807) is 13.8 Å². The minimum atomic E-state index is -4.37. The van der Waals surface area contributed by atoms with E-state index >= 15 is 0 Å². The summed E-state index contributed by atoms with van der Waals surface area (Å²) in [5.41, 5.74) is -1.82. The van der Waals surface area contributed by atoms with Crippen LogP contribution in [-0.2, 0) is 9.59 Å². The maximum atomic E-state index is 12.7. The predicted octanol–water partition coefficient (Wildman–Crippen LogP) is 5.98. The number of halogens is 3. The minimum absolute atomic E-state index is 0.0715. The summed E-state index contributed by atoms with van der Waals surface area (Å²) in [6, 6.07) is 0. The second-order valence-corrected chi connectivity index (χ2v) is 9.21. The number of Topliss-reactive ketones (excluding diaryl/α,β-unsaturated/α-hetero) is 2. The molecule has 0 saturated carbocycles. The van der Waals surface area contributed by atoms with Gasteiger partial charge >= 0.3 is 6.18 Å². The first-order valence-electron chi connectivity index (χ1n) is 8.58. The zero-order valence-electron chi connectivity index (χ0n) is 16.4. The summed E-state index contributed by atoms with van der Waals surface area (Å²) in [7, 11) is 0. The molecule has 2 nitrogen and oxygen atoms in total. The van der Waals surface area contributed by atoms with E-state index < -0.39 is 35.1 Å². The van der Waals surface area contributed by atoms with Crippen molar-refractivity contribution in [3.05, 3.63) is 0 Å². The van der Waals surface area contributed by atoms with E-state index in [1.165, 1.54) is 0 Å². The Morgan fingerprint density at radius 3 is 1.71 bits per heavy atom. The summed E-state index contributed by atoms with van der Waals surface area (Å²) in [6.45, 7) is 14.0. The van der Waals surface area contributed by atoms with Gasteiger partial charge in [-0.15, -0.1) is 0 Å². The highest BCUT2D eigenvalue weighted by atomic mass is 19.4. The lowest BCUT2D eigenvalue weighted by Gasteiger charge is -2.37. The maximum absolute atomic E-state index is 12.7. The largest absolute Gasteiger partial charge is 0.391 e. The molecule has 0 aromatic carbocycles. The van der Waals surface area contributed by atoms with Gasteiger partial charge in [0.2, 0.25) is 0 Å². The normalized spacial score (nSPS) is 17.3. The van der Waals surface area contributed by atoms with E-state index in [4.69, 9.17) is 0 Å². The summed E-state index contributed by atoms with van der Waals surface area (Å²) in [5.74, 6) is -2.03. The van der Waals surface area contributed by atoms with Crippen LogP contribution in [0, 0.1) is 22.2 Å². The number of alkyl halides is 3. The molecular formula is C19H33F3O2. The summed E-state index contributed by atoms with van der Waals surface area (Å²) in [4.78, 5) is 25.1. The number of hydrogen-bond donors (Lipinski definition) is 0. The molecule has 0 spiro atoms. The van der Waals surface area contributed by atoms with E-state index in [-0.39, 0.29) is 17.6 Å². The first-order valence-corrected chi connectivity index (χ1v) is 8.58. The predicted molar refractivity (Wildman–Crippen MR) is 90.7 cm³/mol. The number of carbonyl (C=O) groups excluding carboxylic acids is 2. The van der Waals surface area contributed by atoms with Gasteiger partial charge in [-0.25, -0.2) is 0 Å². The molecule has 0 aliphatic rings. The Morgan fingerprint density at radius 1 is 0.917 bits per heavy atom. The Kier molecular flexibility index (Phi) is 7.29. The second-order valence-electron chi connectivity index (χ2n) is 9.21. The highest BCUT2D eigenvalue weighted by molar-refractivity contribution is 5.88. The van der Waals surface area contributed by atoms with Crippen molar-refractivity contribution >= 4 is 11.6 Å². The maximum Gasteiger partial charge on any atom is 0.391 e. The van der Waals surface area contributed by atoms with Crippen LogP contribution in [0.2, 0.25) is 0 Å². The molecule has 0 radical (unpaired) electrons. The molecule has 0 saturated heterocycles. The SMILES string of the molecule is CCC(C)(CC(C)(C)C(=O)CC(C)C(F)(F)F)C(=O)CC(C)(C)C. The van der Waals surface area contributed by atoms with Crippen molar-refractivity contribution in [2.45, 2.75) is 87.2 Å². The first-order chi connectivity index (χ1) is 10.4. The molecule has 0 rings (SSSR count). The number of carbonyl (C=O) groups is 2. The van der Waals surface area contributed by atoms with Gasteiger partial charge in [-0.1, -0.05) is 55.4 Å². The zero-order chi connectivity index (χ0) is 19.6. The Bertz CT molecular complexity index is 458. The summed E-state index contributed by atoms with van der Waals surface area (Å²) in [5, 5.41) is 0. The third-order valence-electron chi connectivity index (χ3n) is 4.78. The summed E-state index contributed by atoms with van der Waals surface area (Å²) < 4.78 is 38.1. The Hall–Kier alpha value is -0.870. The topological polar surface area (TPSA) is 34.1 Å². The van der Waals surface area contributed by atoms with Gasteiger partial charge in [-0.3, -0.25) is 9.59 Å². The van der Waals surface area contributed by atoms with Crippen LogP contribution in [0.3, 0.4) is 0 Å². The zero-order valence-corrected chi connectivity index (χ0v) is 16.4. The lowest BCUT2D eigenvalue weighted by Crippen LogP contribution is -2.39. The summed E-state index contributed by atoms with van der Waals surface area (Å²) in [6.07, 6.45) is -3.69. The quantitative estimate of drug-likeness (QED) is 0.539. The van der Waals surface area contributed by atoms with Crippen LogP contribution in [0.5, 0.6) is 0 Å². The average Bonchev–Trinajstić information content (AvgIpc) is 2.34. The fourth-order valence-corrected chi connectivity index (χ4v) is 2.86. The molecule has 142 valence electrons. The van der Waals surface area contributed by atoms with Crippen LogP contribution in [-0.4, -0.2) is 17.7 Å². The fraction of sp³-hybridized carbons (Fsp3) is 0.895. The third kappa shape index (κ3) is 6.94. The fourth-order valence-electron chi connectivity index (χ4n) is 2.86. The second kappa shape index (κ2) is 7.57. The molecule has 2 unspecified atom stereocenters. The average molecular weight is 350 g/mol. The molecule has 0 fully saturated rings. The van der Waals surface area contributed by atoms with Crippen molar-refractivity contribution in [2.24, 2.45) is 22.2 Å². The van der Waals surface area contributed by atoms with Crippen molar-refractivity contribution in [2.75, 3.05) is 0 Å². The Morgan fingerprint density at radius 2 is 1.38 bits per heavy atom. The standard InChI is InChI=1S/C19H33F3O2/c1-9-18(8,15(24)11-16(3,4)5)12-17(6,7)14(23)10-13(2)19(20,21)22/h13H,9-12H2,1-8H3. The van der Waals surface area contributed by atoms with Crippen LogP contribution >= 0.6 is 0 Å². The smallest absolute Gasteiger partial charge is 0.299 e. The lowest BCUT2D eigenvalue weighted by molar-refractivity contribution is -0.175. The third-order valence-corrected chi connectivity index (χ3v) is 4.78. The molecule has 0 bridgehead atoms. The number of ketones is 2. The lowest BCUT2D eigenvalue weighted by atomic mass is 9.65. The van der Waals surface area contributed by atoms with Crippen LogP contribution < -0.4 is 0 Å². The van der Waals surface area contributed by atoms with Crippen LogP contribution in [0.15, 0.2) is 0 Å². The minimum Gasteiger partial charge on any atom is -0.299 e. The van der Waals surface area contributed by atoms with Gasteiger partial charge < -0.3 is 0 Å². The monoisotopic (exact) mass is 350 g/mol. The molecule has 24 heavy (non-hydrogen) atoms. The van der Waals surface area contributed by atoms with E-state index in [9.17, 15) is 22.8 Å². The van der Waals surface area contributed by atoms with E-state index in [0.717, 1.165) is 6.92 Å². The van der Waals surface area contributed by atoms with Crippen LogP contribution in [0.4, 0.5) is 13.2 Å². The molecule has 0 amide bonds. The molecule has 0 heterocycles. The Labute approximate surface area is 144 Å². The van der Waals surface area contributed by atoms with Gasteiger partial charge in [0.05, 0.1) is 5.92 Å². The molecule has 5 heteroatoms. The van der Waals surface area contributed by atoms with Crippen LogP contribution in [0.25, 0.3) is 0 Å². The molecule has 0 aliphatic heterocycles. The highest BCUT2D eigenvalue weighted by Gasteiger charge is 2.44. The van der Waals surface area contributed by atoms with Crippen molar-refractivity contribution in [3.63, 3.8) is 0 Å². The van der Waals surface area contributed by atoms with Gasteiger partial charge in [0, 0.05) is 23.7 Å². The molecule has 0 N–H and O–H groups in total. The summed E-state index contributed by atoms with van der Waals surface area (Å²) >= 11 is 0. The molecule has 0 aliphatic carbocycles. The van der Waals surface area contributed by atoms with Crippen molar-refractivity contribution in [1.82, 2.24) is 0 Å². The van der Waals surface area contributed by atoms with Gasteiger partial charge in [0.15, 0.2) is 0 Å². The number of rotatable bonds is 8. The van der Waals surface area contributed by atoms with Gasteiger partial charge in [0.25, 0.3) is 0 Å². The van der Waals surface area contributed by atoms with E-state index in [2.05, 4.69) is 0 Å². The molecule has 0 aromatic heterocycles. The van der Waals surface area contributed by atoms with Crippen molar-refractivity contribution in [3.8, 4) is 0 Å². The van der Waals surface area contributed by atoms with E-state index in [0.29, 0.717) is 12.8 Å². The van der Waals surface area contributed by atoms with Crippen molar-refractivity contribution < 1.29 is 22.8 Å². The van der Waals surface area contributed by atoms with E-state index in [1.807, 2.05) is 34.6 Å². The van der Waals surface area contributed by atoms with Gasteiger partial charge in [0.1, 0.15) is 11.6 Å². The number of hydrogen-bond acceptors (Lipinski definition) is 2. The molecule has 0 aromatic rings. The van der Waals surface area contributed by atoms with Gasteiger partial charge in [-0.05, 0) is 18.3 Å².